The van der Waals surface area contributed by atoms with Crippen molar-refractivity contribution in [1.29, 1.82) is 0 Å². The fourth-order valence-corrected chi connectivity index (χ4v) is 4.82. The van der Waals surface area contributed by atoms with E-state index >= 15 is 0 Å². The van der Waals surface area contributed by atoms with Crippen LogP contribution < -0.4 is 9.64 Å². The quantitative estimate of drug-likeness (QED) is 0.595. The fourth-order valence-electron chi connectivity index (χ4n) is 3.83. The number of rotatable bonds is 4. The lowest BCUT2D eigenvalue weighted by Gasteiger charge is -2.25. The molecule has 2 aromatic heterocycles. The van der Waals surface area contributed by atoms with E-state index in [-0.39, 0.29) is 0 Å². The molecule has 0 amide bonds. The van der Waals surface area contributed by atoms with E-state index in [2.05, 4.69) is 45.1 Å². The number of ether oxygens (including phenoxy) is 1. The summed E-state index contributed by atoms with van der Waals surface area (Å²) in [4.78, 5) is 3.90. The normalized spacial score (nSPS) is 16.4. The SMILES string of the molecule is COc1cccc(-c2nnc3sc(C[NH+]4CCc5ccccc5C4)cn23)c1. The first-order valence-electron chi connectivity index (χ1n) is 9.18. The molecule has 27 heavy (non-hydrogen) atoms. The predicted octanol–water partition coefficient (Wildman–Crippen LogP) is 2.61. The van der Waals surface area contributed by atoms with Crippen molar-refractivity contribution in [1.82, 2.24) is 14.6 Å². The van der Waals surface area contributed by atoms with Gasteiger partial charge in [-0.15, -0.1) is 10.2 Å². The summed E-state index contributed by atoms with van der Waals surface area (Å²) in [5.74, 6) is 1.70. The van der Waals surface area contributed by atoms with Crippen LogP contribution in [0, 0.1) is 0 Å². The summed E-state index contributed by atoms with van der Waals surface area (Å²) in [7, 11) is 1.68. The molecule has 0 radical (unpaired) electrons. The van der Waals surface area contributed by atoms with E-state index in [4.69, 9.17) is 4.74 Å². The van der Waals surface area contributed by atoms with Gasteiger partial charge in [0.05, 0.1) is 18.5 Å². The van der Waals surface area contributed by atoms with Crippen molar-refractivity contribution in [2.75, 3.05) is 13.7 Å². The van der Waals surface area contributed by atoms with Crippen molar-refractivity contribution >= 4 is 16.3 Å². The molecule has 0 saturated carbocycles. The van der Waals surface area contributed by atoms with Crippen LogP contribution in [0.15, 0.2) is 54.7 Å². The van der Waals surface area contributed by atoms with Crippen LogP contribution in [0.2, 0.25) is 0 Å². The largest absolute Gasteiger partial charge is 0.497 e. The molecule has 2 aromatic carbocycles. The van der Waals surface area contributed by atoms with Crippen LogP contribution in [0.25, 0.3) is 16.3 Å². The molecular formula is C21H21N4OS+. The van der Waals surface area contributed by atoms with E-state index in [1.807, 2.05) is 24.3 Å². The summed E-state index contributed by atoms with van der Waals surface area (Å²) in [5.41, 5.74) is 4.01. The summed E-state index contributed by atoms with van der Waals surface area (Å²) < 4.78 is 7.44. The summed E-state index contributed by atoms with van der Waals surface area (Å²) in [6.45, 7) is 3.30. The van der Waals surface area contributed by atoms with Crippen molar-refractivity contribution in [3.05, 3.63) is 70.7 Å². The first-order valence-corrected chi connectivity index (χ1v) is 10.00. The Bertz CT molecular complexity index is 1100. The molecule has 0 bridgehead atoms. The van der Waals surface area contributed by atoms with E-state index in [0.29, 0.717) is 0 Å². The Morgan fingerprint density at radius 2 is 2.00 bits per heavy atom. The highest BCUT2D eigenvalue weighted by Gasteiger charge is 2.21. The number of nitrogens with zero attached hydrogens (tertiary/aromatic N) is 3. The van der Waals surface area contributed by atoms with Crippen LogP contribution in [0.5, 0.6) is 5.75 Å². The topological polar surface area (TPSA) is 43.9 Å². The molecule has 1 N–H and O–H groups in total. The van der Waals surface area contributed by atoms with Gasteiger partial charge in [0.2, 0.25) is 4.96 Å². The molecule has 0 fully saturated rings. The minimum absolute atomic E-state index is 0.830. The zero-order valence-corrected chi connectivity index (χ0v) is 16.0. The second-order valence-electron chi connectivity index (χ2n) is 6.98. The van der Waals surface area contributed by atoms with Gasteiger partial charge in [0.25, 0.3) is 0 Å². The standard InChI is InChI=1S/C21H20N4OS/c1-26-18-8-4-7-16(11-18)20-22-23-21-25(20)14-19(27-21)13-24-10-9-15-5-2-3-6-17(15)12-24/h2-8,11,14H,9-10,12-13H2,1H3/p+1. The van der Waals surface area contributed by atoms with Crippen LogP contribution in [0.4, 0.5) is 0 Å². The van der Waals surface area contributed by atoms with Crippen molar-refractivity contribution in [2.45, 2.75) is 19.5 Å². The maximum absolute atomic E-state index is 5.34. The highest BCUT2D eigenvalue weighted by atomic mass is 32.1. The fraction of sp³-hybridized carbons (Fsp3) is 0.238. The molecule has 6 heteroatoms. The Morgan fingerprint density at radius 1 is 1.11 bits per heavy atom. The lowest BCUT2D eigenvalue weighted by atomic mass is 10.00. The first-order chi connectivity index (χ1) is 13.3. The number of benzene rings is 2. The first kappa shape index (κ1) is 16.5. The smallest absolute Gasteiger partial charge is 0.216 e. The number of nitrogens with one attached hydrogen (secondary N) is 1. The summed E-state index contributed by atoms with van der Waals surface area (Å²) in [6.07, 6.45) is 3.35. The molecule has 0 saturated heterocycles. The Morgan fingerprint density at radius 3 is 2.89 bits per heavy atom. The van der Waals surface area contributed by atoms with Crippen molar-refractivity contribution < 1.29 is 9.64 Å². The molecule has 4 aromatic rings. The molecule has 3 heterocycles. The van der Waals surface area contributed by atoms with Gasteiger partial charge in [-0.1, -0.05) is 47.7 Å². The number of methoxy groups -OCH3 is 1. The van der Waals surface area contributed by atoms with Crippen LogP contribution in [0.3, 0.4) is 0 Å². The van der Waals surface area contributed by atoms with Gasteiger partial charge in [-0.25, -0.2) is 0 Å². The molecular weight excluding hydrogens is 356 g/mol. The maximum atomic E-state index is 5.34. The molecule has 5 rings (SSSR count). The lowest BCUT2D eigenvalue weighted by molar-refractivity contribution is -0.929. The number of aromatic nitrogens is 3. The average molecular weight is 377 g/mol. The van der Waals surface area contributed by atoms with Crippen molar-refractivity contribution in [3.63, 3.8) is 0 Å². The molecule has 1 aliphatic heterocycles. The molecule has 1 atom stereocenters. The van der Waals surface area contributed by atoms with Gasteiger partial charge in [0, 0.05) is 23.7 Å². The molecule has 0 spiro atoms. The van der Waals surface area contributed by atoms with Gasteiger partial charge in [0.15, 0.2) is 5.82 Å². The summed E-state index contributed by atoms with van der Waals surface area (Å²) in [6, 6.07) is 16.8. The minimum atomic E-state index is 0.830. The molecule has 136 valence electrons. The van der Waals surface area contributed by atoms with Crippen LogP contribution in [0.1, 0.15) is 16.0 Å². The molecule has 5 nitrogen and oxygen atoms in total. The van der Waals surface area contributed by atoms with E-state index in [0.717, 1.165) is 41.6 Å². The Labute approximate surface area is 161 Å². The molecule has 1 unspecified atom stereocenters. The van der Waals surface area contributed by atoms with Gasteiger partial charge < -0.3 is 9.64 Å². The summed E-state index contributed by atoms with van der Waals surface area (Å²) >= 11 is 1.73. The maximum Gasteiger partial charge on any atom is 0.216 e. The Kier molecular flexibility index (Phi) is 4.14. The second kappa shape index (κ2) is 6.79. The number of fused-ring (bicyclic) bond motifs is 2. The predicted molar refractivity (Wildman–Crippen MR) is 106 cm³/mol. The molecule has 0 aliphatic carbocycles. The van der Waals surface area contributed by atoms with Gasteiger partial charge in [-0.05, 0) is 17.7 Å². The van der Waals surface area contributed by atoms with Gasteiger partial charge in [0.1, 0.15) is 18.8 Å². The summed E-state index contributed by atoms with van der Waals surface area (Å²) in [5, 5.41) is 8.76. The van der Waals surface area contributed by atoms with E-state index < -0.39 is 0 Å². The van der Waals surface area contributed by atoms with Gasteiger partial charge in [-0.3, -0.25) is 4.40 Å². The third kappa shape index (κ3) is 3.11. The highest BCUT2D eigenvalue weighted by molar-refractivity contribution is 7.17. The van der Waals surface area contributed by atoms with Crippen LogP contribution >= 0.6 is 11.3 Å². The Hall–Kier alpha value is -2.70. The van der Waals surface area contributed by atoms with Crippen molar-refractivity contribution in [2.24, 2.45) is 0 Å². The van der Waals surface area contributed by atoms with Crippen molar-refractivity contribution in [3.8, 4) is 17.1 Å². The highest BCUT2D eigenvalue weighted by Crippen LogP contribution is 2.26. The van der Waals surface area contributed by atoms with Gasteiger partial charge in [-0.2, -0.15) is 0 Å². The Balaban J connectivity index is 1.40. The third-order valence-electron chi connectivity index (χ3n) is 5.22. The third-order valence-corrected chi connectivity index (χ3v) is 6.19. The number of quaternary nitrogens is 1. The molecule has 1 aliphatic rings. The zero-order valence-electron chi connectivity index (χ0n) is 15.2. The average Bonchev–Trinajstić information content (AvgIpc) is 3.28. The van der Waals surface area contributed by atoms with E-state index in [1.165, 1.54) is 22.5 Å². The second-order valence-corrected chi connectivity index (χ2v) is 8.07. The van der Waals surface area contributed by atoms with Gasteiger partial charge >= 0.3 is 0 Å². The van der Waals surface area contributed by atoms with E-state index in [9.17, 15) is 0 Å². The number of hydrogen-bond donors (Lipinski definition) is 1. The minimum Gasteiger partial charge on any atom is -0.497 e. The number of hydrogen-bond acceptors (Lipinski definition) is 4. The van der Waals surface area contributed by atoms with Crippen LogP contribution in [-0.4, -0.2) is 28.3 Å². The lowest BCUT2D eigenvalue weighted by Crippen LogP contribution is -3.10. The monoisotopic (exact) mass is 377 g/mol. The van der Waals surface area contributed by atoms with Crippen LogP contribution in [-0.2, 0) is 19.5 Å². The van der Waals surface area contributed by atoms with E-state index in [1.54, 1.807) is 23.3 Å². The number of thiazole rings is 1. The zero-order chi connectivity index (χ0) is 18.2.